The summed E-state index contributed by atoms with van der Waals surface area (Å²) in [5.74, 6) is -0.218. The van der Waals surface area contributed by atoms with Gasteiger partial charge in [-0.25, -0.2) is 0 Å². The van der Waals surface area contributed by atoms with E-state index in [0.29, 0.717) is 23.8 Å². The number of rotatable bonds is 7. The van der Waals surface area contributed by atoms with Crippen molar-refractivity contribution in [3.63, 3.8) is 0 Å². The number of nitrogens with one attached hydrogen (secondary N) is 1. The predicted molar refractivity (Wildman–Crippen MR) is 97.3 cm³/mol. The van der Waals surface area contributed by atoms with E-state index in [1.807, 2.05) is 36.4 Å². The molecule has 0 spiro atoms. The van der Waals surface area contributed by atoms with E-state index >= 15 is 0 Å². The zero-order valence-corrected chi connectivity index (χ0v) is 14.4. The van der Waals surface area contributed by atoms with Crippen molar-refractivity contribution in [1.29, 1.82) is 0 Å². The third kappa shape index (κ3) is 5.39. The Kier molecular flexibility index (Phi) is 6.82. The van der Waals surface area contributed by atoms with Crippen LogP contribution in [0, 0.1) is 0 Å². The summed E-state index contributed by atoms with van der Waals surface area (Å²) >= 11 is 6.14. The molecule has 0 fully saturated rings. The number of hydrogen-bond acceptors (Lipinski definition) is 2. The molecule has 24 heavy (non-hydrogen) atoms. The molecule has 126 valence electrons. The second-order valence-corrected chi connectivity index (χ2v) is 5.86. The lowest BCUT2D eigenvalue weighted by atomic mass is 10.1. The van der Waals surface area contributed by atoms with E-state index < -0.39 is 0 Å². The number of nitrogens with zero attached hydrogens (tertiary/aromatic N) is 1. The van der Waals surface area contributed by atoms with Crippen molar-refractivity contribution in [3.05, 3.63) is 65.2 Å². The van der Waals surface area contributed by atoms with E-state index in [2.05, 4.69) is 5.32 Å². The molecule has 2 amide bonds. The Labute approximate surface area is 147 Å². The van der Waals surface area contributed by atoms with Gasteiger partial charge in [0, 0.05) is 26.4 Å². The third-order valence-corrected chi connectivity index (χ3v) is 3.98. The van der Waals surface area contributed by atoms with Gasteiger partial charge in [0.2, 0.25) is 11.8 Å². The summed E-state index contributed by atoms with van der Waals surface area (Å²) < 4.78 is 0. The van der Waals surface area contributed by atoms with E-state index in [0.717, 1.165) is 6.42 Å². The molecule has 1 N–H and O–H groups in total. The van der Waals surface area contributed by atoms with Gasteiger partial charge < -0.3 is 10.2 Å². The third-order valence-electron chi connectivity index (χ3n) is 3.66. The van der Waals surface area contributed by atoms with Gasteiger partial charge in [-0.2, -0.15) is 0 Å². The molecule has 4 nitrogen and oxygen atoms in total. The molecule has 2 aromatic rings. The fourth-order valence-corrected chi connectivity index (χ4v) is 2.65. The maximum absolute atomic E-state index is 12.0. The average Bonchev–Trinajstić information content (AvgIpc) is 2.57. The van der Waals surface area contributed by atoms with Crippen molar-refractivity contribution in [3.8, 4) is 0 Å². The van der Waals surface area contributed by atoms with Crippen LogP contribution in [0.3, 0.4) is 0 Å². The average molecular weight is 345 g/mol. The molecule has 0 radical (unpaired) electrons. The minimum Gasteiger partial charge on any atom is -0.356 e. The summed E-state index contributed by atoms with van der Waals surface area (Å²) in [6.07, 6.45) is 1.02. The van der Waals surface area contributed by atoms with Gasteiger partial charge in [0.25, 0.3) is 0 Å². The number of hydrogen-bond donors (Lipinski definition) is 1. The highest BCUT2D eigenvalue weighted by Crippen LogP contribution is 2.25. The van der Waals surface area contributed by atoms with Crippen LogP contribution in [0.15, 0.2) is 54.6 Å². The molecule has 0 bridgehead atoms. The molecule has 0 aliphatic carbocycles. The van der Waals surface area contributed by atoms with Crippen molar-refractivity contribution in [2.24, 2.45) is 0 Å². The summed E-state index contributed by atoms with van der Waals surface area (Å²) in [6.45, 7) is 2.35. The normalized spacial score (nSPS) is 10.2. The lowest BCUT2D eigenvalue weighted by molar-refractivity contribution is -0.121. The lowest BCUT2D eigenvalue weighted by Gasteiger charge is -2.22. The molecule has 0 aliphatic heterocycles. The summed E-state index contributed by atoms with van der Waals surface area (Å²) in [6, 6.07) is 17.1. The first-order chi connectivity index (χ1) is 11.6. The quantitative estimate of drug-likeness (QED) is 0.836. The summed E-state index contributed by atoms with van der Waals surface area (Å²) in [7, 11) is 0. The van der Waals surface area contributed by atoms with Crippen molar-refractivity contribution in [2.45, 2.75) is 19.8 Å². The minimum atomic E-state index is -0.139. The minimum absolute atomic E-state index is 0.0794. The SMILES string of the molecule is CC(=O)N(CCC(=O)NCCc1ccccc1)c1ccccc1Cl. The van der Waals surface area contributed by atoms with Crippen molar-refractivity contribution in [1.82, 2.24) is 5.32 Å². The van der Waals surface area contributed by atoms with Gasteiger partial charge in [0.1, 0.15) is 0 Å². The Morgan fingerprint density at radius 1 is 1.04 bits per heavy atom. The largest absolute Gasteiger partial charge is 0.356 e. The number of benzene rings is 2. The van der Waals surface area contributed by atoms with Crippen LogP contribution in [-0.4, -0.2) is 24.9 Å². The molecular weight excluding hydrogens is 324 g/mol. The topological polar surface area (TPSA) is 49.4 Å². The van der Waals surface area contributed by atoms with E-state index in [4.69, 9.17) is 11.6 Å². The number of halogens is 1. The fourth-order valence-electron chi connectivity index (χ4n) is 2.41. The number of anilines is 1. The van der Waals surface area contributed by atoms with Crippen LogP contribution >= 0.6 is 11.6 Å². The van der Waals surface area contributed by atoms with Gasteiger partial charge in [-0.1, -0.05) is 54.1 Å². The molecule has 2 rings (SSSR count). The van der Waals surface area contributed by atoms with Crippen LogP contribution in [0.5, 0.6) is 0 Å². The smallest absolute Gasteiger partial charge is 0.223 e. The Hall–Kier alpha value is -2.33. The zero-order chi connectivity index (χ0) is 17.4. The van der Waals surface area contributed by atoms with Gasteiger partial charge >= 0.3 is 0 Å². The highest BCUT2D eigenvalue weighted by molar-refractivity contribution is 6.33. The zero-order valence-electron chi connectivity index (χ0n) is 13.7. The highest BCUT2D eigenvalue weighted by Gasteiger charge is 2.15. The number of para-hydroxylation sites is 1. The second kappa shape index (κ2) is 9.08. The number of carbonyl (C=O) groups is 2. The first kappa shape index (κ1) is 18.0. The van der Waals surface area contributed by atoms with Gasteiger partial charge in [-0.3, -0.25) is 9.59 Å². The second-order valence-electron chi connectivity index (χ2n) is 5.46. The molecule has 2 aromatic carbocycles. The Bertz CT molecular complexity index is 689. The molecule has 0 unspecified atom stereocenters. The molecule has 0 atom stereocenters. The molecule has 0 aliphatic rings. The van der Waals surface area contributed by atoms with Gasteiger partial charge in [-0.05, 0) is 24.1 Å². The first-order valence-corrected chi connectivity index (χ1v) is 8.29. The van der Waals surface area contributed by atoms with Crippen LogP contribution in [0.25, 0.3) is 0 Å². The number of amides is 2. The van der Waals surface area contributed by atoms with Gasteiger partial charge in [0.15, 0.2) is 0 Å². The maximum Gasteiger partial charge on any atom is 0.223 e. The van der Waals surface area contributed by atoms with Crippen molar-refractivity contribution in [2.75, 3.05) is 18.0 Å². The van der Waals surface area contributed by atoms with Crippen LogP contribution in [0.2, 0.25) is 5.02 Å². The van der Waals surface area contributed by atoms with Gasteiger partial charge in [-0.15, -0.1) is 0 Å². The molecule has 0 heterocycles. The summed E-state index contributed by atoms with van der Waals surface area (Å²) in [5.41, 5.74) is 1.81. The van der Waals surface area contributed by atoms with Crippen LogP contribution in [0.4, 0.5) is 5.69 Å². The van der Waals surface area contributed by atoms with E-state index in [1.165, 1.54) is 17.4 Å². The molecule has 0 saturated heterocycles. The van der Waals surface area contributed by atoms with Gasteiger partial charge in [0.05, 0.1) is 10.7 Å². The highest BCUT2D eigenvalue weighted by atomic mass is 35.5. The number of carbonyl (C=O) groups excluding carboxylic acids is 2. The van der Waals surface area contributed by atoms with E-state index in [-0.39, 0.29) is 18.2 Å². The van der Waals surface area contributed by atoms with Crippen molar-refractivity contribution >= 4 is 29.1 Å². The fraction of sp³-hybridized carbons (Fsp3) is 0.263. The Morgan fingerprint density at radius 3 is 2.38 bits per heavy atom. The maximum atomic E-state index is 12.0. The summed E-state index contributed by atoms with van der Waals surface area (Å²) in [5, 5.41) is 3.38. The standard InChI is InChI=1S/C19H21ClN2O2/c1-15(23)22(18-10-6-5-9-17(18)20)14-12-19(24)21-13-11-16-7-3-2-4-8-16/h2-10H,11-14H2,1H3,(H,21,24). The Balaban J connectivity index is 1.82. The van der Waals surface area contributed by atoms with Crippen LogP contribution < -0.4 is 10.2 Å². The molecule has 0 aromatic heterocycles. The molecule has 0 saturated carbocycles. The van der Waals surface area contributed by atoms with E-state index in [9.17, 15) is 9.59 Å². The van der Waals surface area contributed by atoms with E-state index in [1.54, 1.807) is 18.2 Å². The van der Waals surface area contributed by atoms with Crippen LogP contribution in [-0.2, 0) is 16.0 Å². The first-order valence-electron chi connectivity index (χ1n) is 7.91. The molecule has 5 heteroatoms. The molecular formula is C19H21ClN2O2. The van der Waals surface area contributed by atoms with Crippen molar-refractivity contribution < 1.29 is 9.59 Å². The lowest BCUT2D eigenvalue weighted by Crippen LogP contribution is -2.34. The Morgan fingerprint density at radius 2 is 1.71 bits per heavy atom. The van der Waals surface area contributed by atoms with Crippen LogP contribution in [0.1, 0.15) is 18.9 Å². The summed E-state index contributed by atoms with van der Waals surface area (Å²) in [4.78, 5) is 25.4. The predicted octanol–water partition coefficient (Wildman–Crippen LogP) is 3.44. The monoisotopic (exact) mass is 344 g/mol.